The van der Waals surface area contributed by atoms with E-state index in [1.54, 1.807) is 11.9 Å². The lowest BCUT2D eigenvalue weighted by molar-refractivity contribution is 0.0850. The van der Waals surface area contributed by atoms with Crippen LogP contribution < -0.4 is 14.8 Å². The van der Waals surface area contributed by atoms with E-state index >= 15 is 0 Å². The standard InChI is InChI=1S/C19H26N4O3/c1-13-16(14(2)22-21-13)9-11-23(3)19(24)20-10-8-15-12-25-17-6-4-5-7-18(17)26-15/h4-7,15H,8-12H2,1-3H3,(H,20,24)(H,21,22)/t15-/m0/s1. The van der Waals surface area contributed by atoms with Gasteiger partial charge in [-0.1, -0.05) is 12.1 Å². The van der Waals surface area contributed by atoms with Crippen LogP contribution in [-0.2, 0) is 6.42 Å². The highest BCUT2D eigenvalue weighted by atomic mass is 16.6. The van der Waals surface area contributed by atoms with E-state index in [4.69, 9.17) is 9.47 Å². The van der Waals surface area contributed by atoms with Crippen molar-refractivity contribution in [2.75, 3.05) is 26.7 Å². The van der Waals surface area contributed by atoms with Crippen molar-refractivity contribution in [1.82, 2.24) is 20.4 Å². The molecule has 7 nitrogen and oxygen atoms in total. The van der Waals surface area contributed by atoms with Crippen molar-refractivity contribution in [2.24, 2.45) is 0 Å². The van der Waals surface area contributed by atoms with Gasteiger partial charge < -0.3 is 19.7 Å². The number of hydrogen-bond donors (Lipinski definition) is 2. The molecule has 0 spiro atoms. The Morgan fingerprint density at radius 3 is 2.85 bits per heavy atom. The number of hydrogen-bond acceptors (Lipinski definition) is 4. The first-order chi connectivity index (χ1) is 12.5. The molecule has 0 bridgehead atoms. The first-order valence-corrected chi connectivity index (χ1v) is 8.92. The van der Waals surface area contributed by atoms with Crippen LogP contribution in [0.5, 0.6) is 11.5 Å². The molecule has 1 aromatic heterocycles. The highest BCUT2D eigenvalue weighted by molar-refractivity contribution is 5.73. The second-order valence-corrected chi connectivity index (χ2v) is 6.60. The summed E-state index contributed by atoms with van der Waals surface area (Å²) in [5, 5.41) is 10.1. The van der Waals surface area contributed by atoms with Crippen molar-refractivity contribution in [3.63, 3.8) is 0 Å². The fraction of sp³-hybridized carbons (Fsp3) is 0.474. The van der Waals surface area contributed by atoms with Gasteiger partial charge in [0.05, 0.1) is 5.69 Å². The first kappa shape index (κ1) is 18.1. The number of aromatic nitrogens is 2. The third-order valence-corrected chi connectivity index (χ3v) is 4.63. The number of H-pyrrole nitrogens is 1. The number of para-hydroxylation sites is 2. The van der Waals surface area contributed by atoms with Crippen LogP contribution >= 0.6 is 0 Å². The third-order valence-electron chi connectivity index (χ3n) is 4.63. The highest BCUT2D eigenvalue weighted by Gasteiger charge is 2.20. The average molecular weight is 358 g/mol. The molecule has 3 rings (SSSR count). The van der Waals surface area contributed by atoms with Crippen molar-refractivity contribution >= 4 is 6.03 Å². The lowest BCUT2D eigenvalue weighted by atomic mass is 10.1. The zero-order valence-electron chi connectivity index (χ0n) is 15.5. The molecule has 1 aromatic carbocycles. The van der Waals surface area contributed by atoms with Gasteiger partial charge in [0.15, 0.2) is 11.5 Å². The van der Waals surface area contributed by atoms with E-state index in [2.05, 4.69) is 15.5 Å². The van der Waals surface area contributed by atoms with Crippen LogP contribution in [0.4, 0.5) is 4.79 Å². The molecule has 1 atom stereocenters. The molecule has 140 valence electrons. The van der Waals surface area contributed by atoms with Gasteiger partial charge in [-0.05, 0) is 38.0 Å². The number of urea groups is 1. The Labute approximate surface area is 153 Å². The molecule has 0 fully saturated rings. The number of aromatic amines is 1. The maximum Gasteiger partial charge on any atom is 0.317 e. The Bertz CT molecular complexity index is 739. The van der Waals surface area contributed by atoms with Gasteiger partial charge in [0.25, 0.3) is 0 Å². The summed E-state index contributed by atoms with van der Waals surface area (Å²) in [6.45, 7) is 5.66. The predicted molar refractivity (Wildman–Crippen MR) is 98.8 cm³/mol. The van der Waals surface area contributed by atoms with E-state index in [0.717, 1.165) is 29.3 Å². The molecule has 0 saturated heterocycles. The first-order valence-electron chi connectivity index (χ1n) is 8.92. The van der Waals surface area contributed by atoms with Gasteiger partial charge in [0.1, 0.15) is 12.7 Å². The predicted octanol–water partition coefficient (Wildman–Crippen LogP) is 2.44. The monoisotopic (exact) mass is 358 g/mol. The fourth-order valence-corrected chi connectivity index (χ4v) is 3.00. The lowest BCUT2D eigenvalue weighted by Crippen LogP contribution is -2.41. The van der Waals surface area contributed by atoms with E-state index < -0.39 is 0 Å². The van der Waals surface area contributed by atoms with Crippen LogP contribution in [0, 0.1) is 13.8 Å². The number of rotatable bonds is 6. The topological polar surface area (TPSA) is 79.5 Å². The van der Waals surface area contributed by atoms with E-state index in [-0.39, 0.29) is 12.1 Å². The number of benzene rings is 1. The molecule has 2 N–H and O–H groups in total. The molecule has 1 aliphatic heterocycles. The lowest BCUT2D eigenvalue weighted by Gasteiger charge is -2.26. The third kappa shape index (κ3) is 4.28. The normalized spacial score (nSPS) is 15.6. The molecule has 0 unspecified atom stereocenters. The molecule has 26 heavy (non-hydrogen) atoms. The second-order valence-electron chi connectivity index (χ2n) is 6.60. The van der Waals surface area contributed by atoms with Gasteiger partial charge in [0, 0.05) is 32.3 Å². The summed E-state index contributed by atoms with van der Waals surface area (Å²) in [7, 11) is 1.80. The van der Waals surface area contributed by atoms with Crippen molar-refractivity contribution < 1.29 is 14.3 Å². The van der Waals surface area contributed by atoms with Crippen molar-refractivity contribution in [3.05, 3.63) is 41.2 Å². The van der Waals surface area contributed by atoms with Gasteiger partial charge in [-0.25, -0.2) is 4.79 Å². The Balaban J connectivity index is 1.39. The van der Waals surface area contributed by atoms with Gasteiger partial charge in [-0.3, -0.25) is 5.10 Å². The van der Waals surface area contributed by atoms with Gasteiger partial charge in [0.2, 0.25) is 0 Å². The van der Waals surface area contributed by atoms with Crippen LogP contribution in [0.3, 0.4) is 0 Å². The van der Waals surface area contributed by atoms with E-state index in [0.29, 0.717) is 26.1 Å². The van der Waals surface area contributed by atoms with Crippen LogP contribution in [-0.4, -0.2) is 54.0 Å². The van der Waals surface area contributed by atoms with Crippen LogP contribution in [0.2, 0.25) is 0 Å². The van der Waals surface area contributed by atoms with E-state index in [9.17, 15) is 4.79 Å². The minimum absolute atomic E-state index is 0.0493. The fourth-order valence-electron chi connectivity index (χ4n) is 3.00. The maximum atomic E-state index is 12.2. The van der Waals surface area contributed by atoms with Crippen molar-refractivity contribution in [3.8, 4) is 11.5 Å². The Morgan fingerprint density at radius 1 is 1.35 bits per heavy atom. The zero-order valence-corrected chi connectivity index (χ0v) is 15.5. The average Bonchev–Trinajstić information content (AvgIpc) is 2.97. The molecular weight excluding hydrogens is 332 g/mol. The summed E-state index contributed by atoms with van der Waals surface area (Å²) in [5.74, 6) is 1.54. The number of nitrogens with one attached hydrogen (secondary N) is 2. The molecular formula is C19H26N4O3. The SMILES string of the molecule is Cc1n[nH]c(C)c1CCN(C)C(=O)NCC[C@H]1COc2ccccc2O1. The van der Waals surface area contributed by atoms with Gasteiger partial charge in [-0.2, -0.15) is 5.10 Å². The summed E-state index contributed by atoms with van der Waals surface area (Å²) in [6.07, 6.45) is 1.44. The Kier molecular flexibility index (Phi) is 5.65. The number of carbonyl (C=O) groups excluding carboxylic acids is 1. The molecule has 0 saturated carbocycles. The van der Waals surface area contributed by atoms with Gasteiger partial charge in [-0.15, -0.1) is 0 Å². The maximum absolute atomic E-state index is 12.2. The summed E-state index contributed by atoms with van der Waals surface area (Å²) < 4.78 is 11.6. The number of likely N-dealkylation sites (N-methyl/N-ethyl adjacent to an activating group) is 1. The summed E-state index contributed by atoms with van der Waals surface area (Å²) >= 11 is 0. The molecule has 0 radical (unpaired) electrons. The summed E-state index contributed by atoms with van der Waals surface area (Å²) in [5.41, 5.74) is 3.23. The minimum atomic E-state index is -0.0825. The van der Waals surface area contributed by atoms with Gasteiger partial charge >= 0.3 is 6.03 Å². The highest BCUT2D eigenvalue weighted by Crippen LogP contribution is 2.31. The molecule has 0 aliphatic carbocycles. The number of nitrogens with zero attached hydrogens (tertiary/aromatic N) is 2. The zero-order chi connectivity index (χ0) is 18.5. The van der Waals surface area contributed by atoms with E-state index in [1.807, 2.05) is 38.1 Å². The van der Waals surface area contributed by atoms with Crippen molar-refractivity contribution in [1.29, 1.82) is 0 Å². The number of carbonyl (C=O) groups is 1. The van der Waals surface area contributed by atoms with Crippen LogP contribution in [0.15, 0.2) is 24.3 Å². The number of fused-ring (bicyclic) bond motifs is 1. The number of amides is 2. The molecule has 2 amide bonds. The smallest absolute Gasteiger partial charge is 0.317 e. The molecule has 2 heterocycles. The Morgan fingerprint density at radius 2 is 2.12 bits per heavy atom. The largest absolute Gasteiger partial charge is 0.486 e. The molecule has 7 heteroatoms. The summed E-state index contributed by atoms with van der Waals surface area (Å²) in [6, 6.07) is 7.55. The number of aryl methyl sites for hydroxylation is 2. The summed E-state index contributed by atoms with van der Waals surface area (Å²) in [4.78, 5) is 13.9. The minimum Gasteiger partial charge on any atom is -0.486 e. The van der Waals surface area contributed by atoms with Crippen LogP contribution in [0.1, 0.15) is 23.4 Å². The quantitative estimate of drug-likeness (QED) is 0.831. The number of ether oxygens (including phenoxy) is 2. The van der Waals surface area contributed by atoms with Crippen LogP contribution in [0.25, 0.3) is 0 Å². The van der Waals surface area contributed by atoms with E-state index in [1.165, 1.54) is 5.56 Å². The molecule has 1 aliphatic rings. The molecule has 2 aromatic rings. The van der Waals surface area contributed by atoms with Crippen molar-refractivity contribution in [2.45, 2.75) is 32.8 Å². The Hall–Kier alpha value is -2.70. The second kappa shape index (κ2) is 8.12.